The summed E-state index contributed by atoms with van der Waals surface area (Å²) >= 11 is 0. The van der Waals surface area contributed by atoms with Crippen LogP contribution in [-0.4, -0.2) is 27.2 Å². The largest absolute Gasteiger partial charge is 0.493 e. The number of para-hydroxylation sites is 1. The van der Waals surface area contributed by atoms with Crippen LogP contribution in [0.3, 0.4) is 0 Å². The van der Waals surface area contributed by atoms with Crippen molar-refractivity contribution in [2.45, 2.75) is 12.3 Å². The van der Waals surface area contributed by atoms with Crippen LogP contribution in [0.25, 0.3) is 0 Å². The smallest absolute Gasteiger partial charge is 0.175 e. The zero-order valence-electron chi connectivity index (χ0n) is 8.05. The molecule has 1 aromatic heterocycles. The highest BCUT2D eigenvalue weighted by molar-refractivity contribution is 5.39. The van der Waals surface area contributed by atoms with E-state index in [9.17, 15) is 0 Å². The lowest BCUT2D eigenvalue weighted by atomic mass is 9.98. The minimum absolute atomic E-state index is 0.346. The Morgan fingerprint density at radius 3 is 3.20 bits per heavy atom. The van der Waals surface area contributed by atoms with Crippen LogP contribution in [-0.2, 0) is 6.42 Å². The fourth-order valence-corrected chi connectivity index (χ4v) is 1.89. The van der Waals surface area contributed by atoms with Gasteiger partial charge >= 0.3 is 0 Å². The topological polar surface area (TPSA) is 63.7 Å². The molecule has 76 valence electrons. The van der Waals surface area contributed by atoms with Gasteiger partial charge in [-0.2, -0.15) is 5.21 Å². The van der Waals surface area contributed by atoms with Gasteiger partial charge in [-0.15, -0.1) is 10.2 Å². The van der Waals surface area contributed by atoms with E-state index in [1.54, 1.807) is 0 Å². The highest BCUT2D eigenvalue weighted by Crippen LogP contribution is 2.34. The van der Waals surface area contributed by atoms with E-state index in [1.165, 1.54) is 5.56 Å². The number of tetrazole rings is 1. The predicted molar refractivity (Wildman–Crippen MR) is 52.6 cm³/mol. The summed E-state index contributed by atoms with van der Waals surface area (Å²) < 4.78 is 5.57. The summed E-state index contributed by atoms with van der Waals surface area (Å²) in [6, 6.07) is 8.09. The quantitative estimate of drug-likeness (QED) is 0.786. The van der Waals surface area contributed by atoms with Gasteiger partial charge in [0.2, 0.25) is 0 Å². The van der Waals surface area contributed by atoms with E-state index in [4.69, 9.17) is 4.74 Å². The van der Waals surface area contributed by atoms with E-state index in [0.717, 1.165) is 18.0 Å². The van der Waals surface area contributed by atoms with Crippen molar-refractivity contribution >= 4 is 0 Å². The van der Waals surface area contributed by atoms with E-state index >= 15 is 0 Å². The SMILES string of the molecule is c1ccc2c(c1)OCC2Cc1nn[nH]n1. The van der Waals surface area contributed by atoms with Gasteiger partial charge in [-0.3, -0.25) is 0 Å². The average molecular weight is 202 g/mol. The van der Waals surface area contributed by atoms with Crippen molar-refractivity contribution in [2.24, 2.45) is 0 Å². The first-order valence-corrected chi connectivity index (χ1v) is 4.87. The van der Waals surface area contributed by atoms with Crippen LogP contribution in [0.1, 0.15) is 17.3 Å². The van der Waals surface area contributed by atoms with E-state index < -0.39 is 0 Å². The van der Waals surface area contributed by atoms with Crippen molar-refractivity contribution < 1.29 is 4.74 Å². The Balaban J connectivity index is 1.85. The Hall–Kier alpha value is -1.91. The average Bonchev–Trinajstić information content (AvgIpc) is 2.89. The number of nitrogens with one attached hydrogen (secondary N) is 1. The number of fused-ring (bicyclic) bond motifs is 1. The molecule has 3 rings (SSSR count). The summed E-state index contributed by atoms with van der Waals surface area (Å²) in [6.45, 7) is 0.702. The number of aromatic nitrogens is 4. The molecular weight excluding hydrogens is 192 g/mol. The Morgan fingerprint density at radius 2 is 2.33 bits per heavy atom. The molecule has 15 heavy (non-hydrogen) atoms. The molecule has 1 N–H and O–H groups in total. The summed E-state index contributed by atoms with van der Waals surface area (Å²) in [5.74, 6) is 2.06. The molecule has 1 atom stereocenters. The van der Waals surface area contributed by atoms with Crippen LogP contribution in [0.15, 0.2) is 24.3 Å². The van der Waals surface area contributed by atoms with Crippen LogP contribution >= 0.6 is 0 Å². The Labute approximate surface area is 86.5 Å². The van der Waals surface area contributed by atoms with Gasteiger partial charge < -0.3 is 4.74 Å². The van der Waals surface area contributed by atoms with E-state index in [0.29, 0.717) is 12.5 Å². The van der Waals surface area contributed by atoms with Gasteiger partial charge in [0.1, 0.15) is 5.75 Å². The first-order chi connectivity index (χ1) is 7.43. The standard InChI is InChI=1S/C10H10N4O/c1-2-4-9-8(3-1)7(6-15-9)5-10-11-13-14-12-10/h1-4,7H,5-6H2,(H,11,12,13,14). The van der Waals surface area contributed by atoms with Gasteiger partial charge in [-0.1, -0.05) is 23.4 Å². The van der Waals surface area contributed by atoms with Crippen LogP contribution in [0.4, 0.5) is 0 Å². The second kappa shape index (κ2) is 3.34. The molecule has 0 saturated carbocycles. The van der Waals surface area contributed by atoms with Crippen LogP contribution in [0.2, 0.25) is 0 Å². The second-order valence-electron chi connectivity index (χ2n) is 3.58. The number of H-pyrrole nitrogens is 1. The summed E-state index contributed by atoms with van der Waals surface area (Å²) in [6.07, 6.45) is 0.771. The summed E-state index contributed by atoms with van der Waals surface area (Å²) in [7, 11) is 0. The zero-order chi connectivity index (χ0) is 10.1. The second-order valence-corrected chi connectivity index (χ2v) is 3.58. The third-order valence-electron chi connectivity index (χ3n) is 2.62. The van der Waals surface area contributed by atoms with Crippen LogP contribution in [0.5, 0.6) is 5.75 Å². The summed E-state index contributed by atoms with van der Waals surface area (Å²) in [4.78, 5) is 0. The predicted octanol–water partition coefficient (Wildman–Crippen LogP) is 0.918. The number of hydrogen-bond donors (Lipinski definition) is 1. The molecule has 1 aliphatic rings. The number of ether oxygens (including phenoxy) is 1. The lowest BCUT2D eigenvalue weighted by Gasteiger charge is -2.03. The molecule has 2 heterocycles. The number of aromatic amines is 1. The molecule has 0 saturated heterocycles. The Morgan fingerprint density at radius 1 is 1.40 bits per heavy atom. The summed E-state index contributed by atoms with van der Waals surface area (Å²) in [5.41, 5.74) is 1.24. The van der Waals surface area contributed by atoms with Gasteiger partial charge in [0.05, 0.1) is 6.61 Å². The molecule has 0 aliphatic carbocycles. The normalized spacial score (nSPS) is 18.5. The zero-order valence-corrected chi connectivity index (χ0v) is 8.05. The Kier molecular flexibility index (Phi) is 1.87. The molecule has 2 aromatic rings. The number of rotatable bonds is 2. The van der Waals surface area contributed by atoms with Gasteiger partial charge in [0.15, 0.2) is 5.82 Å². The maximum absolute atomic E-state index is 5.57. The van der Waals surface area contributed by atoms with Gasteiger partial charge in [0.25, 0.3) is 0 Å². The minimum atomic E-state index is 0.346. The van der Waals surface area contributed by atoms with Crippen molar-refractivity contribution in [3.05, 3.63) is 35.7 Å². The van der Waals surface area contributed by atoms with Gasteiger partial charge in [-0.05, 0) is 6.07 Å². The van der Waals surface area contributed by atoms with Crippen molar-refractivity contribution in [3.63, 3.8) is 0 Å². The number of benzene rings is 1. The molecule has 0 fully saturated rings. The molecule has 1 aliphatic heterocycles. The van der Waals surface area contributed by atoms with Crippen molar-refractivity contribution in [1.29, 1.82) is 0 Å². The highest BCUT2D eigenvalue weighted by Gasteiger charge is 2.24. The lowest BCUT2D eigenvalue weighted by Crippen LogP contribution is -2.05. The van der Waals surface area contributed by atoms with E-state index in [1.807, 2.05) is 18.2 Å². The monoisotopic (exact) mass is 202 g/mol. The molecule has 0 radical (unpaired) electrons. The van der Waals surface area contributed by atoms with E-state index in [-0.39, 0.29) is 0 Å². The fraction of sp³-hybridized carbons (Fsp3) is 0.300. The summed E-state index contributed by atoms with van der Waals surface area (Å²) in [5, 5.41) is 13.9. The molecular formula is C10H10N4O. The molecule has 5 heteroatoms. The molecule has 0 bridgehead atoms. The van der Waals surface area contributed by atoms with Gasteiger partial charge in [-0.25, -0.2) is 0 Å². The Bertz CT molecular complexity index is 454. The molecule has 5 nitrogen and oxygen atoms in total. The van der Waals surface area contributed by atoms with E-state index in [2.05, 4.69) is 26.7 Å². The molecule has 0 spiro atoms. The maximum atomic E-state index is 5.57. The van der Waals surface area contributed by atoms with Crippen molar-refractivity contribution in [2.75, 3.05) is 6.61 Å². The third kappa shape index (κ3) is 1.45. The maximum Gasteiger partial charge on any atom is 0.175 e. The minimum Gasteiger partial charge on any atom is -0.493 e. The highest BCUT2D eigenvalue weighted by atomic mass is 16.5. The van der Waals surface area contributed by atoms with Crippen molar-refractivity contribution in [1.82, 2.24) is 20.6 Å². The van der Waals surface area contributed by atoms with Crippen molar-refractivity contribution in [3.8, 4) is 5.75 Å². The number of nitrogens with zero attached hydrogens (tertiary/aromatic N) is 3. The molecule has 0 amide bonds. The first-order valence-electron chi connectivity index (χ1n) is 4.87. The molecule has 1 unspecified atom stereocenters. The lowest BCUT2D eigenvalue weighted by molar-refractivity contribution is 0.329. The first kappa shape index (κ1) is 8.40. The van der Waals surface area contributed by atoms with Crippen LogP contribution < -0.4 is 4.74 Å². The number of hydrogen-bond acceptors (Lipinski definition) is 4. The third-order valence-corrected chi connectivity index (χ3v) is 2.62. The van der Waals surface area contributed by atoms with Crippen LogP contribution in [0, 0.1) is 0 Å². The van der Waals surface area contributed by atoms with Gasteiger partial charge in [0, 0.05) is 17.9 Å². The fourth-order valence-electron chi connectivity index (χ4n) is 1.89. The molecule has 1 aromatic carbocycles.